The van der Waals surface area contributed by atoms with E-state index in [0.29, 0.717) is 31.2 Å². The van der Waals surface area contributed by atoms with Gasteiger partial charge in [-0.2, -0.15) is 9.46 Å². The van der Waals surface area contributed by atoms with Gasteiger partial charge in [-0.1, -0.05) is 22.7 Å². The Morgan fingerprint density at radius 2 is 1.04 bits per heavy atom. The second-order valence-corrected chi connectivity index (χ2v) is 7.18. The molecule has 2 aromatic rings. The largest absolute Gasteiger partial charge is 0.618 e. The first-order valence-corrected chi connectivity index (χ1v) is 8.12. The lowest BCUT2D eigenvalue weighted by molar-refractivity contribution is -0.613. The summed E-state index contributed by atoms with van der Waals surface area (Å²) < 4.78 is 1.59. The summed E-state index contributed by atoms with van der Waals surface area (Å²) in [4.78, 5) is 22.9. The summed E-state index contributed by atoms with van der Waals surface area (Å²) in [6, 6.07) is 0. The first kappa shape index (κ1) is 21.2. The normalized spacial score (nSPS) is 9.65. The highest BCUT2D eigenvalue weighted by Gasteiger charge is 2.19. The third-order valence-electron chi connectivity index (χ3n) is 2.98. The Morgan fingerprint density at radius 3 is 1.13 bits per heavy atom. The van der Waals surface area contributed by atoms with Crippen molar-refractivity contribution < 1.29 is 24.5 Å². The maximum Gasteiger partial charge on any atom is 0.246 e. The van der Waals surface area contributed by atoms with E-state index < -0.39 is 0 Å². The van der Waals surface area contributed by atoms with Gasteiger partial charge in [0.05, 0.1) is 0 Å². The van der Waals surface area contributed by atoms with Crippen molar-refractivity contribution in [2.24, 2.45) is 0 Å². The van der Waals surface area contributed by atoms with E-state index in [-0.39, 0.29) is 17.0 Å². The van der Waals surface area contributed by atoms with Crippen LogP contribution < -0.4 is 9.46 Å². The molecule has 0 saturated carbocycles. The minimum absolute atomic E-state index is 0. The molecule has 2 N–H and O–H groups in total. The molecule has 2 aromatic heterocycles. The van der Waals surface area contributed by atoms with E-state index in [1.165, 1.54) is 36.5 Å². The van der Waals surface area contributed by atoms with E-state index in [1.807, 2.05) is 0 Å². The monoisotopic (exact) mass is 360 g/mol. The van der Waals surface area contributed by atoms with Crippen LogP contribution in [0.4, 0.5) is 0 Å². The molecule has 0 aliphatic heterocycles. The minimum Gasteiger partial charge on any atom is -0.618 e. The van der Waals surface area contributed by atoms with Gasteiger partial charge in [-0.25, -0.2) is 0 Å². The maximum absolute atomic E-state index is 11.1. The molecule has 0 aliphatic rings. The van der Waals surface area contributed by atoms with Gasteiger partial charge in [0.15, 0.2) is 11.6 Å². The fourth-order valence-corrected chi connectivity index (χ4v) is 3.62. The molecular formula is C14H20N2O5S2. The predicted molar refractivity (Wildman–Crippen MR) is 89.1 cm³/mol. The predicted octanol–water partition coefficient (Wildman–Crippen LogP) is 1.58. The molecule has 0 unspecified atom stereocenters. The number of hydrogen-bond donors (Lipinski definition) is 0. The van der Waals surface area contributed by atoms with Crippen LogP contribution in [0.25, 0.3) is 0 Å². The van der Waals surface area contributed by atoms with E-state index in [1.54, 1.807) is 27.7 Å². The van der Waals surface area contributed by atoms with Crippen molar-refractivity contribution in [1.82, 2.24) is 0 Å². The van der Waals surface area contributed by atoms with Crippen LogP contribution >= 0.6 is 22.7 Å². The average molecular weight is 360 g/mol. The minimum atomic E-state index is -0.0369. The highest BCUT2D eigenvalue weighted by molar-refractivity contribution is 7.13. The molecular weight excluding hydrogens is 340 g/mol. The molecule has 9 heteroatoms. The molecule has 2 heterocycles. The van der Waals surface area contributed by atoms with Crippen LogP contribution in [-0.2, 0) is 0 Å². The van der Waals surface area contributed by atoms with Crippen molar-refractivity contribution in [3.63, 3.8) is 0 Å². The summed E-state index contributed by atoms with van der Waals surface area (Å²) in [5.74, 6) is -0.0737. The smallest absolute Gasteiger partial charge is 0.246 e. The lowest BCUT2D eigenvalue weighted by atomic mass is 10.3. The van der Waals surface area contributed by atoms with Gasteiger partial charge in [-0.05, 0) is 0 Å². The van der Waals surface area contributed by atoms with E-state index >= 15 is 0 Å². The Bertz CT molecular complexity index is 672. The number of nitrogens with zero attached hydrogens (tertiary/aromatic N) is 2. The molecule has 0 amide bonds. The molecule has 128 valence electrons. The van der Waals surface area contributed by atoms with Crippen molar-refractivity contribution >= 4 is 34.2 Å². The lowest BCUT2D eigenvalue weighted by Gasteiger charge is -1.93. The molecule has 23 heavy (non-hydrogen) atoms. The summed E-state index contributed by atoms with van der Waals surface area (Å²) in [6.07, 6.45) is 0. The Balaban J connectivity index is 0.000000403. The molecule has 0 fully saturated rings. The number of carbonyl (C=O) groups is 2. The zero-order chi connectivity index (χ0) is 17.2. The fourth-order valence-electron chi connectivity index (χ4n) is 1.84. The topological polar surface area (TPSA) is 120 Å². The number of aromatic nitrogens is 2. The molecule has 0 aromatic carbocycles. The molecule has 0 saturated heterocycles. The number of aryl methyl sites for hydroxylation is 2. The van der Waals surface area contributed by atoms with Gasteiger partial charge in [0.25, 0.3) is 0 Å². The molecule has 0 bridgehead atoms. The van der Waals surface area contributed by atoms with Crippen LogP contribution in [0.1, 0.15) is 54.6 Å². The third kappa shape index (κ3) is 4.57. The number of rotatable bonds is 2. The Hall–Kier alpha value is -1.84. The Labute approximate surface area is 142 Å². The van der Waals surface area contributed by atoms with Gasteiger partial charge < -0.3 is 15.9 Å². The van der Waals surface area contributed by atoms with Crippen molar-refractivity contribution in [2.75, 3.05) is 0 Å². The highest BCUT2D eigenvalue weighted by atomic mass is 32.1. The zero-order valence-corrected chi connectivity index (χ0v) is 15.5. The van der Waals surface area contributed by atoms with Gasteiger partial charge in [-0.15, -0.1) is 0 Å². The number of carbonyl (C=O) groups excluding carboxylic acids is 2. The second kappa shape index (κ2) is 8.14. The summed E-state index contributed by atoms with van der Waals surface area (Å²) in [6.45, 7) is 9.67. The molecule has 2 rings (SSSR count). The van der Waals surface area contributed by atoms with Gasteiger partial charge >= 0.3 is 0 Å². The van der Waals surface area contributed by atoms with Crippen molar-refractivity contribution in [1.29, 1.82) is 0 Å². The highest BCUT2D eigenvalue weighted by Crippen LogP contribution is 2.15. The van der Waals surface area contributed by atoms with Gasteiger partial charge in [0.2, 0.25) is 21.4 Å². The van der Waals surface area contributed by atoms with E-state index in [4.69, 9.17) is 0 Å². The average Bonchev–Trinajstić information content (AvgIpc) is 2.85. The van der Waals surface area contributed by atoms with Crippen molar-refractivity contribution in [3.8, 4) is 0 Å². The fraction of sp³-hybridized carbons (Fsp3) is 0.429. The summed E-state index contributed by atoms with van der Waals surface area (Å²) in [5, 5.41) is 23.4. The maximum atomic E-state index is 11.1. The zero-order valence-electron chi connectivity index (χ0n) is 13.8. The molecule has 7 nitrogen and oxygen atoms in total. The summed E-state index contributed by atoms with van der Waals surface area (Å²) in [7, 11) is 0. The third-order valence-corrected chi connectivity index (χ3v) is 5.47. The number of thiazole rings is 2. The van der Waals surface area contributed by atoms with Crippen LogP contribution in [0.2, 0.25) is 0 Å². The van der Waals surface area contributed by atoms with E-state index in [2.05, 4.69) is 0 Å². The number of Topliss-reactive ketones (excluding diaryl/α,β-unsaturated/α-hetero) is 2. The van der Waals surface area contributed by atoms with Crippen LogP contribution in [0.3, 0.4) is 0 Å². The standard InChI is InChI=1S/2C7H9NO2S.H2O/c2*1-4-7(5(2)9)11-6(3)8(4)10;/h2*1-3H3;1H2. The first-order valence-electron chi connectivity index (χ1n) is 6.48. The SMILES string of the molecule is CC(=O)c1sc(C)[n+]([O-])c1C.CC(=O)c1sc(C)[n+]([O-])c1C.O. The molecule has 0 radical (unpaired) electrons. The van der Waals surface area contributed by atoms with Crippen molar-refractivity contribution in [3.05, 3.63) is 41.6 Å². The van der Waals surface area contributed by atoms with E-state index in [9.17, 15) is 20.0 Å². The van der Waals surface area contributed by atoms with Gasteiger partial charge in [-0.3, -0.25) is 9.59 Å². The molecule has 0 aliphatic carbocycles. The second-order valence-electron chi connectivity index (χ2n) is 4.77. The van der Waals surface area contributed by atoms with Crippen LogP contribution in [0, 0.1) is 38.1 Å². The molecule has 0 spiro atoms. The van der Waals surface area contributed by atoms with E-state index in [0.717, 1.165) is 9.46 Å². The molecule has 0 atom stereocenters. The number of ketones is 2. The summed E-state index contributed by atoms with van der Waals surface area (Å²) in [5.41, 5.74) is 1.03. The van der Waals surface area contributed by atoms with Crippen LogP contribution in [-0.4, -0.2) is 17.0 Å². The van der Waals surface area contributed by atoms with Crippen LogP contribution in [0.5, 0.6) is 0 Å². The quantitative estimate of drug-likeness (QED) is 0.458. The van der Waals surface area contributed by atoms with Gasteiger partial charge in [0.1, 0.15) is 9.75 Å². The Morgan fingerprint density at radius 1 is 0.783 bits per heavy atom. The number of hydrogen-bond acceptors (Lipinski definition) is 6. The van der Waals surface area contributed by atoms with Crippen molar-refractivity contribution in [2.45, 2.75) is 41.5 Å². The Kier molecular flexibility index (Phi) is 7.49. The van der Waals surface area contributed by atoms with Gasteiger partial charge in [0, 0.05) is 41.5 Å². The summed E-state index contributed by atoms with van der Waals surface area (Å²) >= 11 is 2.50. The lowest BCUT2D eigenvalue weighted by Crippen LogP contribution is -2.30. The van der Waals surface area contributed by atoms with Crippen LogP contribution in [0.15, 0.2) is 0 Å². The first-order chi connectivity index (χ1) is 10.1.